The lowest BCUT2D eigenvalue weighted by Gasteiger charge is -2.37. The van der Waals surface area contributed by atoms with Crippen molar-refractivity contribution in [3.05, 3.63) is 0 Å². The van der Waals surface area contributed by atoms with Gasteiger partial charge in [-0.1, -0.05) is 40.0 Å². The molecule has 0 N–H and O–H groups in total. The van der Waals surface area contributed by atoms with E-state index >= 15 is 0 Å². The molecule has 0 bridgehead atoms. The Morgan fingerprint density at radius 2 is 1.12 bits per heavy atom. The molecule has 0 aliphatic carbocycles. The molecule has 0 saturated heterocycles. The van der Waals surface area contributed by atoms with Crippen LogP contribution in [0.25, 0.3) is 0 Å². The first-order valence-electron chi connectivity index (χ1n) is 7.58. The minimum Gasteiger partial charge on any atom is -0.384 e. The van der Waals surface area contributed by atoms with E-state index in [1.807, 2.05) is 7.11 Å². The average Bonchev–Trinajstić information content (AvgIpc) is 2.37. The van der Waals surface area contributed by atoms with E-state index < -0.39 is 7.26 Å². The summed E-state index contributed by atoms with van der Waals surface area (Å²) < 4.78 is 5.37. The Bertz CT molecular complexity index is 121. The first-order chi connectivity index (χ1) is 8.24. The lowest BCUT2D eigenvalue weighted by atomic mass is 10.4. The van der Waals surface area contributed by atoms with Crippen molar-refractivity contribution < 1.29 is 4.74 Å². The minimum atomic E-state index is -0.687. The Kier molecular flexibility index (Phi) is 11.7. The third-order valence-electron chi connectivity index (χ3n) is 3.73. The fourth-order valence-electron chi connectivity index (χ4n) is 2.44. The van der Waals surface area contributed by atoms with Gasteiger partial charge in [0, 0.05) is 13.7 Å². The number of methoxy groups -OCH3 is 1. The second-order valence-electron chi connectivity index (χ2n) is 5.29. The van der Waals surface area contributed by atoms with Gasteiger partial charge in [0.15, 0.2) is 0 Å². The zero-order valence-corrected chi connectivity index (χ0v) is 13.5. The molecule has 1 nitrogen and oxygen atoms in total. The third kappa shape index (κ3) is 8.16. The standard InChI is InChI=1S/C15H34OP/c1-5-8-12-17(13-9-6-2,14-10-7-3)15-11-16-4/h5-15H2,1-4H3. The molecule has 17 heavy (non-hydrogen) atoms. The van der Waals surface area contributed by atoms with Gasteiger partial charge in [-0.2, -0.15) is 0 Å². The molecule has 0 aliphatic heterocycles. The van der Waals surface area contributed by atoms with E-state index in [1.54, 1.807) is 0 Å². The first kappa shape index (κ1) is 17.4. The van der Waals surface area contributed by atoms with Gasteiger partial charge in [-0.05, 0) is 43.9 Å². The highest BCUT2D eigenvalue weighted by atomic mass is 31.2. The topological polar surface area (TPSA) is 9.23 Å². The SMILES string of the molecule is CCCC[P](CCCC)(CCCC)CCOC. The molecular weight excluding hydrogens is 227 g/mol. The molecule has 0 aromatic heterocycles. The van der Waals surface area contributed by atoms with Crippen molar-refractivity contribution in [2.75, 3.05) is 38.4 Å². The predicted molar refractivity (Wildman–Crippen MR) is 83.0 cm³/mol. The second kappa shape index (κ2) is 11.5. The molecule has 105 valence electrons. The van der Waals surface area contributed by atoms with Crippen LogP contribution in [-0.2, 0) is 4.74 Å². The average molecular weight is 261 g/mol. The fourth-order valence-corrected chi connectivity index (χ4v) is 7.31. The molecule has 0 atom stereocenters. The normalized spacial score (nSPS) is 12.0. The maximum Gasteiger partial charge on any atom is 0.0498 e. The summed E-state index contributed by atoms with van der Waals surface area (Å²) in [5.41, 5.74) is 0. The van der Waals surface area contributed by atoms with Crippen molar-refractivity contribution in [3.63, 3.8) is 0 Å². The fraction of sp³-hybridized carbons (Fsp3) is 1.00. The molecule has 0 aliphatic rings. The van der Waals surface area contributed by atoms with E-state index in [2.05, 4.69) is 20.8 Å². The van der Waals surface area contributed by atoms with Crippen molar-refractivity contribution in [2.24, 2.45) is 0 Å². The van der Waals surface area contributed by atoms with Gasteiger partial charge in [0.05, 0.1) is 0 Å². The Hall–Kier alpha value is 0.390. The van der Waals surface area contributed by atoms with Gasteiger partial charge in [0.1, 0.15) is 0 Å². The maximum absolute atomic E-state index is 5.37. The van der Waals surface area contributed by atoms with Crippen LogP contribution in [-0.4, -0.2) is 38.4 Å². The van der Waals surface area contributed by atoms with E-state index in [0.717, 1.165) is 6.61 Å². The molecule has 2 heteroatoms. The molecule has 0 unspecified atom stereocenters. The van der Waals surface area contributed by atoms with Crippen LogP contribution in [0.15, 0.2) is 0 Å². The molecule has 0 aromatic carbocycles. The Labute approximate surface area is 110 Å². The van der Waals surface area contributed by atoms with Crippen molar-refractivity contribution in [3.8, 4) is 0 Å². The quantitative estimate of drug-likeness (QED) is 0.447. The largest absolute Gasteiger partial charge is 0.384 e. The lowest BCUT2D eigenvalue weighted by molar-refractivity contribution is 0.217. The molecule has 0 heterocycles. The van der Waals surface area contributed by atoms with Crippen molar-refractivity contribution in [1.29, 1.82) is 0 Å². The number of ether oxygens (including phenoxy) is 1. The minimum absolute atomic E-state index is 0.687. The van der Waals surface area contributed by atoms with E-state index in [1.165, 1.54) is 63.2 Å². The van der Waals surface area contributed by atoms with Crippen LogP contribution in [0.1, 0.15) is 59.3 Å². The van der Waals surface area contributed by atoms with Gasteiger partial charge in [0.2, 0.25) is 0 Å². The monoisotopic (exact) mass is 261 g/mol. The number of hydrogen-bond acceptors (Lipinski definition) is 1. The highest BCUT2D eigenvalue weighted by Gasteiger charge is 2.25. The van der Waals surface area contributed by atoms with Crippen LogP contribution in [0.3, 0.4) is 0 Å². The smallest absolute Gasteiger partial charge is 0.0498 e. The summed E-state index contributed by atoms with van der Waals surface area (Å²) in [6.07, 6.45) is 14.3. The number of unbranched alkanes of at least 4 members (excludes halogenated alkanes) is 3. The van der Waals surface area contributed by atoms with Crippen LogP contribution < -0.4 is 0 Å². The van der Waals surface area contributed by atoms with Gasteiger partial charge < -0.3 is 4.74 Å². The Balaban J connectivity index is 4.39. The number of hydrogen-bond donors (Lipinski definition) is 0. The molecule has 0 saturated carbocycles. The zero-order valence-electron chi connectivity index (χ0n) is 12.6. The predicted octanol–water partition coefficient (Wildman–Crippen LogP) is 5.05. The van der Waals surface area contributed by atoms with Crippen molar-refractivity contribution in [1.82, 2.24) is 0 Å². The molecular formula is C15H34OP. The van der Waals surface area contributed by atoms with Crippen molar-refractivity contribution in [2.45, 2.75) is 59.3 Å². The summed E-state index contributed by atoms with van der Waals surface area (Å²) in [5, 5.41) is 0. The summed E-state index contributed by atoms with van der Waals surface area (Å²) in [7, 11) is 1.17. The molecule has 0 spiro atoms. The summed E-state index contributed by atoms with van der Waals surface area (Å²) >= 11 is 0. The van der Waals surface area contributed by atoms with Gasteiger partial charge in [-0.25, -0.2) is 0 Å². The van der Waals surface area contributed by atoms with Gasteiger partial charge in [-0.3, -0.25) is 0 Å². The Morgan fingerprint density at radius 3 is 1.41 bits per heavy atom. The van der Waals surface area contributed by atoms with Crippen molar-refractivity contribution >= 4 is 7.26 Å². The highest BCUT2D eigenvalue weighted by Crippen LogP contribution is 2.60. The third-order valence-corrected chi connectivity index (χ3v) is 8.65. The number of rotatable bonds is 12. The van der Waals surface area contributed by atoms with E-state index in [9.17, 15) is 0 Å². The maximum atomic E-state index is 5.37. The van der Waals surface area contributed by atoms with Crippen LogP contribution in [0.4, 0.5) is 0 Å². The van der Waals surface area contributed by atoms with E-state index in [0.29, 0.717) is 0 Å². The zero-order chi connectivity index (χ0) is 13.0. The van der Waals surface area contributed by atoms with Crippen LogP contribution in [0, 0.1) is 0 Å². The molecule has 0 amide bonds. The molecule has 1 radical (unpaired) electrons. The van der Waals surface area contributed by atoms with Gasteiger partial charge in [-0.15, -0.1) is 7.26 Å². The van der Waals surface area contributed by atoms with Crippen LogP contribution in [0.2, 0.25) is 0 Å². The molecule has 0 rings (SSSR count). The van der Waals surface area contributed by atoms with Gasteiger partial charge in [0.25, 0.3) is 0 Å². The Morgan fingerprint density at radius 1 is 0.706 bits per heavy atom. The summed E-state index contributed by atoms with van der Waals surface area (Å²) in [6.45, 7) is 7.96. The molecule has 0 fully saturated rings. The van der Waals surface area contributed by atoms with Gasteiger partial charge >= 0.3 is 0 Å². The van der Waals surface area contributed by atoms with Crippen LogP contribution >= 0.6 is 7.26 Å². The highest BCUT2D eigenvalue weighted by molar-refractivity contribution is 7.75. The van der Waals surface area contributed by atoms with Crippen LogP contribution in [0.5, 0.6) is 0 Å². The van der Waals surface area contributed by atoms with E-state index in [-0.39, 0.29) is 0 Å². The van der Waals surface area contributed by atoms with E-state index in [4.69, 9.17) is 4.74 Å². The molecule has 0 aromatic rings. The second-order valence-corrected chi connectivity index (χ2v) is 9.76. The summed E-state index contributed by atoms with van der Waals surface area (Å²) in [5.74, 6) is 0. The summed E-state index contributed by atoms with van der Waals surface area (Å²) in [4.78, 5) is 0. The first-order valence-corrected chi connectivity index (χ1v) is 10.1. The lowest BCUT2D eigenvalue weighted by Crippen LogP contribution is -2.15. The summed E-state index contributed by atoms with van der Waals surface area (Å²) in [6, 6.07) is 0.